The summed E-state index contributed by atoms with van der Waals surface area (Å²) in [6.07, 6.45) is -2.19. The Morgan fingerprint density at radius 1 is 0.838 bits per heavy atom. The van der Waals surface area contributed by atoms with Gasteiger partial charge in [-0.3, -0.25) is 4.79 Å². The minimum absolute atomic E-state index is 0.00786. The third-order valence-corrected chi connectivity index (χ3v) is 6.16. The lowest BCUT2D eigenvalue weighted by Crippen LogP contribution is -2.56. The summed E-state index contributed by atoms with van der Waals surface area (Å²) in [6, 6.07) is 23.6. The second-order valence-corrected chi connectivity index (χ2v) is 8.83. The molecule has 0 aliphatic heterocycles. The SMILES string of the molecule is C[C@@H](O)[C@H](NC(=O)OCc1ccccc1)C(=O)N[C@@H](Cc1c2ccccc2cc2ccccc12)C(=O)O. The zero-order valence-electron chi connectivity index (χ0n) is 20.3. The lowest BCUT2D eigenvalue weighted by atomic mass is 9.92. The average Bonchev–Trinajstić information content (AvgIpc) is 2.90. The van der Waals surface area contributed by atoms with Gasteiger partial charge in [0.1, 0.15) is 18.7 Å². The number of hydrogen-bond acceptors (Lipinski definition) is 5. The van der Waals surface area contributed by atoms with Crippen molar-refractivity contribution in [3.63, 3.8) is 0 Å². The number of fused-ring (bicyclic) bond motifs is 2. The number of carboxylic acid groups (broad SMARTS) is 1. The normalized spacial score (nSPS) is 13.5. The Balaban J connectivity index is 1.52. The van der Waals surface area contributed by atoms with Gasteiger partial charge in [-0.05, 0) is 45.7 Å². The number of carboxylic acids is 1. The van der Waals surface area contributed by atoms with E-state index in [-0.39, 0.29) is 13.0 Å². The molecule has 0 saturated carbocycles. The summed E-state index contributed by atoms with van der Waals surface area (Å²) >= 11 is 0. The molecule has 0 aliphatic carbocycles. The van der Waals surface area contributed by atoms with Gasteiger partial charge in [-0.15, -0.1) is 0 Å². The maximum atomic E-state index is 13.0. The van der Waals surface area contributed by atoms with Crippen LogP contribution in [0.4, 0.5) is 4.79 Å². The van der Waals surface area contributed by atoms with E-state index >= 15 is 0 Å². The van der Waals surface area contributed by atoms with Crippen molar-refractivity contribution in [2.24, 2.45) is 0 Å². The fourth-order valence-corrected chi connectivity index (χ4v) is 4.29. The van der Waals surface area contributed by atoms with Crippen LogP contribution in [-0.4, -0.2) is 46.4 Å². The van der Waals surface area contributed by atoms with E-state index in [2.05, 4.69) is 10.6 Å². The smallest absolute Gasteiger partial charge is 0.408 e. The molecule has 0 heterocycles. The molecule has 0 unspecified atom stereocenters. The number of ether oxygens (including phenoxy) is 1. The number of alkyl carbamates (subject to hydrolysis) is 1. The van der Waals surface area contributed by atoms with Crippen LogP contribution in [0.3, 0.4) is 0 Å². The van der Waals surface area contributed by atoms with E-state index in [1.807, 2.05) is 60.7 Å². The maximum Gasteiger partial charge on any atom is 0.408 e. The summed E-state index contributed by atoms with van der Waals surface area (Å²) in [7, 11) is 0. The molecule has 4 aromatic rings. The maximum absolute atomic E-state index is 13.0. The van der Waals surface area contributed by atoms with Crippen molar-refractivity contribution >= 4 is 39.5 Å². The number of benzene rings is 4. The van der Waals surface area contributed by atoms with Crippen LogP contribution >= 0.6 is 0 Å². The molecular formula is C29H28N2O6. The van der Waals surface area contributed by atoms with E-state index in [1.54, 1.807) is 24.3 Å². The van der Waals surface area contributed by atoms with E-state index in [0.717, 1.165) is 32.7 Å². The summed E-state index contributed by atoms with van der Waals surface area (Å²) in [5.74, 6) is -2.06. The fourth-order valence-electron chi connectivity index (χ4n) is 4.29. The molecule has 0 saturated heterocycles. The molecule has 0 aliphatic rings. The Morgan fingerprint density at radius 3 is 1.97 bits per heavy atom. The van der Waals surface area contributed by atoms with Crippen LogP contribution in [0.1, 0.15) is 18.1 Å². The number of amides is 2. The first-order valence-electron chi connectivity index (χ1n) is 11.9. The number of rotatable bonds is 9. The molecule has 8 nitrogen and oxygen atoms in total. The average molecular weight is 501 g/mol. The van der Waals surface area contributed by atoms with Gasteiger partial charge < -0.3 is 25.6 Å². The number of carbonyl (C=O) groups excluding carboxylic acids is 2. The standard InChI is InChI=1S/C29H28N2O6/c1-18(32)26(31-29(36)37-17-19-9-3-2-4-10-19)27(33)30-25(28(34)35)16-24-22-13-7-5-11-20(22)15-21-12-6-8-14-23(21)24/h2-15,18,25-26,32H,16-17H2,1H3,(H,30,33)(H,31,36)(H,34,35)/t18-,25+,26+/m1/s1. The van der Waals surface area contributed by atoms with E-state index in [0.29, 0.717) is 0 Å². The van der Waals surface area contributed by atoms with Gasteiger partial charge in [-0.2, -0.15) is 0 Å². The number of carbonyl (C=O) groups is 3. The lowest BCUT2D eigenvalue weighted by molar-refractivity contribution is -0.142. The van der Waals surface area contributed by atoms with Gasteiger partial charge in [0.2, 0.25) is 5.91 Å². The van der Waals surface area contributed by atoms with Gasteiger partial charge in [0.25, 0.3) is 0 Å². The van der Waals surface area contributed by atoms with Crippen LogP contribution in [0.5, 0.6) is 0 Å². The van der Waals surface area contributed by atoms with Crippen molar-refractivity contribution in [1.82, 2.24) is 10.6 Å². The molecule has 2 amide bonds. The Labute approximate surface area is 213 Å². The number of aliphatic carboxylic acids is 1. The highest BCUT2D eigenvalue weighted by Crippen LogP contribution is 2.29. The Bertz CT molecular complexity index is 1370. The van der Waals surface area contributed by atoms with Crippen LogP contribution in [0.25, 0.3) is 21.5 Å². The summed E-state index contributed by atoms with van der Waals surface area (Å²) in [6.45, 7) is 1.31. The van der Waals surface area contributed by atoms with Crippen LogP contribution in [0.2, 0.25) is 0 Å². The number of aliphatic hydroxyl groups is 1. The monoisotopic (exact) mass is 500 g/mol. The highest BCUT2D eigenvalue weighted by Gasteiger charge is 2.31. The predicted molar refractivity (Wildman–Crippen MR) is 140 cm³/mol. The number of aliphatic hydroxyl groups excluding tert-OH is 1. The van der Waals surface area contributed by atoms with Crippen LogP contribution in [0.15, 0.2) is 84.9 Å². The van der Waals surface area contributed by atoms with Crippen molar-refractivity contribution in [3.8, 4) is 0 Å². The summed E-state index contributed by atoms with van der Waals surface area (Å²) in [5.41, 5.74) is 1.54. The third-order valence-electron chi connectivity index (χ3n) is 6.16. The second-order valence-electron chi connectivity index (χ2n) is 8.83. The highest BCUT2D eigenvalue weighted by molar-refractivity contribution is 6.03. The zero-order valence-corrected chi connectivity index (χ0v) is 20.3. The van der Waals surface area contributed by atoms with Crippen molar-refractivity contribution in [1.29, 1.82) is 0 Å². The largest absolute Gasteiger partial charge is 0.480 e. The lowest BCUT2D eigenvalue weighted by Gasteiger charge is -2.24. The van der Waals surface area contributed by atoms with E-state index < -0.39 is 36.2 Å². The molecule has 8 heteroatoms. The molecule has 3 atom stereocenters. The summed E-state index contributed by atoms with van der Waals surface area (Å²) in [5, 5.41) is 28.6. The van der Waals surface area contributed by atoms with Crippen molar-refractivity contribution in [2.75, 3.05) is 0 Å². The van der Waals surface area contributed by atoms with E-state index in [9.17, 15) is 24.6 Å². The summed E-state index contributed by atoms with van der Waals surface area (Å²) in [4.78, 5) is 37.5. The number of hydrogen-bond donors (Lipinski definition) is 4. The van der Waals surface area contributed by atoms with Gasteiger partial charge in [0.05, 0.1) is 6.10 Å². The molecule has 4 N–H and O–H groups in total. The highest BCUT2D eigenvalue weighted by atomic mass is 16.5. The van der Waals surface area contributed by atoms with Gasteiger partial charge in [-0.1, -0.05) is 78.9 Å². The second kappa shape index (κ2) is 11.5. The van der Waals surface area contributed by atoms with Crippen molar-refractivity contribution in [3.05, 3.63) is 96.1 Å². The fraction of sp³-hybridized carbons (Fsp3) is 0.207. The van der Waals surface area contributed by atoms with E-state index in [4.69, 9.17) is 4.74 Å². The topological polar surface area (TPSA) is 125 Å². The quantitative estimate of drug-likeness (QED) is 0.259. The van der Waals surface area contributed by atoms with Gasteiger partial charge in [0.15, 0.2) is 0 Å². The molecule has 0 bridgehead atoms. The molecular weight excluding hydrogens is 472 g/mol. The molecule has 0 aromatic heterocycles. The van der Waals surface area contributed by atoms with Gasteiger partial charge >= 0.3 is 12.1 Å². The van der Waals surface area contributed by atoms with Crippen molar-refractivity contribution < 1.29 is 29.3 Å². The molecule has 0 fully saturated rings. The summed E-state index contributed by atoms with van der Waals surface area (Å²) < 4.78 is 5.15. The van der Waals surface area contributed by atoms with Crippen molar-refractivity contribution in [2.45, 2.75) is 38.1 Å². The Morgan fingerprint density at radius 2 is 1.41 bits per heavy atom. The van der Waals surface area contributed by atoms with Crippen LogP contribution in [0, 0.1) is 0 Å². The molecule has 4 aromatic carbocycles. The molecule has 37 heavy (non-hydrogen) atoms. The first kappa shape index (κ1) is 25.7. The predicted octanol–water partition coefficient (Wildman–Crippen LogP) is 3.78. The molecule has 0 radical (unpaired) electrons. The Hall–Kier alpha value is -4.43. The van der Waals surface area contributed by atoms with E-state index in [1.165, 1.54) is 6.92 Å². The molecule has 190 valence electrons. The molecule has 4 rings (SSSR count). The zero-order chi connectivity index (χ0) is 26.4. The first-order valence-corrected chi connectivity index (χ1v) is 11.9. The minimum Gasteiger partial charge on any atom is -0.480 e. The minimum atomic E-state index is -1.41. The van der Waals surface area contributed by atoms with Gasteiger partial charge in [0, 0.05) is 6.42 Å². The Kier molecular flexibility index (Phi) is 8.00. The molecule has 0 spiro atoms. The van der Waals surface area contributed by atoms with Crippen LogP contribution < -0.4 is 10.6 Å². The third kappa shape index (κ3) is 6.23. The first-order chi connectivity index (χ1) is 17.8. The van der Waals surface area contributed by atoms with Crippen LogP contribution in [-0.2, 0) is 27.4 Å². The number of nitrogens with one attached hydrogen (secondary N) is 2. The van der Waals surface area contributed by atoms with Gasteiger partial charge in [-0.25, -0.2) is 9.59 Å².